The second-order valence-corrected chi connectivity index (χ2v) is 3.21. The third kappa shape index (κ3) is 2.93. The first-order valence-corrected chi connectivity index (χ1v) is 4.62. The van der Waals surface area contributed by atoms with Crippen LogP contribution in [0.5, 0.6) is 0 Å². The summed E-state index contributed by atoms with van der Waals surface area (Å²) >= 11 is 0. The molecule has 1 rings (SSSR count). The second kappa shape index (κ2) is 4.70. The van der Waals surface area contributed by atoms with Crippen LogP contribution in [0.15, 0.2) is 24.5 Å². The summed E-state index contributed by atoms with van der Waals surface area (Å²) in [4.78, 5) is 11.3. The standard InChI is InChI=1S/C10H16N2O/c1-3-9(2)10(13)11-8-12-6-4-5-7-12/h4-7,9H,3,8H2,1-2H3,(H,11,13). The van der Waals surface area contributed by atoms with Gasteiger partial charge in [0.1, 0.15) is 0 Å². The predicted octanol–water partition coefficient (Wildman–Crippen LogP) is 1.61. The maximum atomic E-state index is 11.3. The highest BCUT2D eigenvalue weighted by Crippen LogP contribution is 1.99. The highest BCUT2D eigenvalue weighted by atomic mass is 16.1. The van der Waals surface area contributed by atoms with Crippen LogP contribution in [0.3, 0.4) is 0 Å². The fraction of sp³-hybridized carbons (Fsp3) is 0.500. The van der Waals surface area contributed by atoms with Gasteiger partial charge in [-0.2, -0.15) is 0 Å². The van der Waals surface area contributed by atoms with Gasteiger partial charge in [0.15, 0.2) is 0 Å². The SMILES string of the molecule is CCC(C)C(=O)NCn1cccc1. The van der Waals surface area contributed by atoms with Gasteiger partial charge in [-0.3, -0.25) is 4.79 Å². The van der Waals surface area contributed by atoms with E-state index in [9.17, 15) is 4.79 Å². The van der Waals surface area contributed by atoms with Crippen molar-refractivity contribution in [1.82, 2.24) is 9.88 Å². The van der Waals surface area contributed by atoms with Gasteiger partial charge in [0.25, 0.3) is 0 Å². The maximum Gasteiger partial charge on any atom is 0.224 e. The molecule has 0 spiro atoms. The molecule has 0 radical (unpaired) electrons. The Kier molecular flexibility index (Phi) is 3.55. The Morgan fingerprint density at radius 2 is 2.08 bits per heavy atom. The van der Waals surface area contributed by atoms with Crippen LogP contribution in [-0.4, -0.2) is 10.5 Å². The maximum absolute atomic E-state index is 11.3. The molecule has 0 saturated heterocycles. The van der Waals surface area contributed by atoms with E-state index < -0.39 is 0 Å². The minimum absolute atomic E-state index is 0.107. The van der Waals surface area contributed by atoms with Gasteiger partial charge in [-0.1, -0.05) is 13.8 Å². The summed E-state index contributed by atoms with van der Waals surface area (Å²) in [7, 11) is 0. The summed E-state index contributed by atoms with van der Waals surface area (Å²) < 4.78 is 1.93. The first kappa shape index (κ1) is 9.84. The van der Waals surface area contributed by atoms with E-state index in [1.54, 1.807) is 0 Å². The molecule has 0 aromatic carbocycles. The van der Waals surface area contributed by atoms with Crippen LogP contribution < -0.4 is 5.32 Å². The quantitative estimate of drug-likeness (QED) is 0.750. The molecule has 13 heavy (non-hydrogen) atoms. The van der Waals surface area contributed by atoms with E-state index in [4.69, 9.17) is 0 Å². The van der Waals surface area contributed by atoms with Crippen molar-refractivity contribution in [2.75, 3.05) is 0 Å². The molecular formula is C10H16N2O. The molecule has 0 saturated carbocycles. The van der Waals surface area contributed by atoms with Crippen LogP contribution in [-0.2, 0) is 11.5 Å². The van der Waals surface area contributed by atoms with Crippen LogP contribution in [0.1, 0.15) is 20.3 Å². The van der Waals surface area contributed by atoms with Gasteiger partial charge in [0, 0.05) is 18.3 Å². The third-order valence-corrected chi connectivity index (χ3v) is 2.16. The molecule has 0 bridgehead atoms. The van der Waals surface area contributed by atoms with Gasteiger partial charge >= 0.3 is 0 Å². The number of hydrogen-bond acceptors (Lipinski definition) is 1. The van der Waals surface area contributed by atoms with Crippen LogP contribution >= 0.6 is 0 Å². The lowest BCUT2D eigenvalue weighted by Gasteiger charge is -2.10. The Balaban J connectivity index is 2.31. The van der Waals surface area contributed by atoms with Gasteiger partial charge in [-0.25, -0.2) is 0 Å². The molecule has 1 aromatic heterocycles. The van der Waals surface area contributed by atoms with Crippen LogP contribution in [0.25, 0.3) is 0 Å². The number of rotatable bonds is 4. The third-order valence-electron chi connectivity index (χ3n) is 2.16. The topological polar surface area (TPSA) is 34.0 Å². The molecule has 1 unspecified atom stereocenters. The highest BCUT2D eigenvalue weighted by molar-refractivity contribution is 5.77. The first-order chi connectivity index (χ1) is 6.24. The number of aromatic nitrogens is 1. The summed E-state index contributed by atoms with van der Waals surface area (Å²) in [6, 6.07) is 3.88. The molecule has 1 amide bonds. The Morgan fingerprint density at radius 3 is 2.62 bits per heavy atom. The molecule has 1 atom stereocenters. The van der Waals surface area contributed by atoms with Gasteiger partial charge in [0.2, 0.25) is 5.91 Å². The summed E-state index contributed by atoms with van der Waals surface area (Å²) in [5, 5.41) is 2.86. The van der Waals surface area contributed by atoms with Crippen molar-refractivity contribution < 1.29 is 4.79 Å². The van der Waals surface area contributed by atoms with E-state index in [-0.39, 0.29) is 11.8 Å². The van der Waals surface area contributed by atoms with Gasteiger partial charge in [-0.05, 0) is 18.6 Å². The van der Waals surface area contributed by atoms with E-state index in [1.165, 1.54) is 0 Å². The number of carbonyl (C=O) groups excluding carboxylic acids is 1. The van der Waals surface area contributed by atoms with Crippen molar-refractivity contribution in [3.63, 3.8) is 0 Å². The molecule has 0 aliphatic rings. The largest absolute Gasteiger partial charge is 0.338 e. The molecule has 1 N–H and O–H groups in total. The van der Waals surface area contributed by atoms with E-state index in [2.05, 4.69) is 5.32 Å². The average Bonchev–Trinajstić information content (AvgIpc) is 2.65. The number of amides is 1. The van der Waals surface area contributed by atoms with E-state index in [0.29, 0.717) is 6.67 Å². The smallest absolute Gasteiger partial charge is 0.224 e. The fourth-order valence-electron chi connectivity index (χ4n) is 1.00. The summed E-state index contributed by atoms with van der Waals surface area (Å²) in [5.41, 5.74) is 0. The number of nitrogens with zero attached hydrogens (tertiary/aromatic N) is 1. The molecule has 1 heterocycles. The lowest BCUT2D eigenvalue weighted by Crippen LogP contribution is -2.30. The summed E-state index contributed by atoms with van der Waals surface area (Å²) in [6.07, 6.45) is 4.74. The predicted molar refractivity (Wildman–Crippen MR) is 52.0 cm³/mol. The van der Waals surface area contributed by atoms with Gasteiger partial charge in [-0.15, -0.1) is 0 Å². The molecule has 1 aromatic rings. The molecule has 72 valence electrons. The number of hydrogen-bond donors (Lipinski definition) is 1. The molecular weight excluding hydrogens is 164 g/mol. The normalized spacial score (nSPS) is 12.5. The van der Waals surface area contributed by atoms with E-state index in [1.807, 2.05) is 42.9 Å². The van der Waals surface area contributed by atoms with Gasteiger partial charge in [0.05, 0.1) is 6.67 Å². The van der Waals surface area contributed by atoms with Gasteiger partial charge < -0.3 is 9.88 Å². The second-order valence-electron chi connectivity index (χ2n) is 3.21. The molecule has 0 aliphatic carbocycles. The monoisotopic (exact) mass is 180 g/mol. The lowest BCUT2D eigenvalue weighted by atomic mass is 10.1. The van der Waals surface area contributed by atoms with Crippen molar-refractivity contribution in [3.8, 4) is 0 Å². The minimum atomic E-state index is 0.107. The van der Waals surface area contributed by atoms with Crippen molar-refractivity contribution in [1.29, 1.82) is 0 Å². The number of nitrogens with one attached hydrogen (secondary N) is 1. The Morgan fingerprint density at radius 1 is 1.46 bits per heavy atom. The molecule has 3 heteroatoms. The zero-order valence-corrected chi connectivity index (χ0v) is 8.16. The average molecular weight is 180 g/mol. The molecule has 0 aliphatic heterocycles. The van der Waals surface area contributed by atoms with Crippen molar-refractivity contribution in [3.05, 3.63) is 24.5 Å². The zero-order valence-electron chi connectivity index (χ0n) is 8.16. The zero-order chi connectivity index (χ0) is 9.68. The van der Waals surface area contributed by atoms with Crippen LogP contribution in [0, 0.1) is 5.92 Å². The number of carbonyl (C=O) groups is 1. The van der Waals surface area contributed by atoms with Crippen molar-refractivity contribution >= 4 is 5.91 Å². The van der Waals surface area contributed by atoms with Crippen molar-refractivity contribution in [2.24, 2.45) is 5.92 Å². The molecule has 0 fully saturated rings. The van der Waals surface area contributed by atoms with Crippen LogP contribution in [0.2, 0.25) is 0 Å². The van der Waals surface area contributed by atoms with Crippen LogP contribution in [0.4, 0.5) is 0 Å². The van der Waals surface area contributed by atoms with E-state index >= 15 is 0 Å². The Hall–Kier alpha value is -1.25. The lowest BCUT2D eigenvalue weighted by molar-refractivity contribution is -0.125. The minimum Gasteiger partial charge on any atom is -0.338 e. The summed E-state index contributed by atoms with van der Waals surface area (Å²) in [6.45, 7) is 4.51. The molecule has 3 nitrogen and oxygen atoms in total. The Labute approximate surface area is 78.8 Å². The fourth-order valence-corrected chi connectivity index (χ4v) is 1.00. The first-order valence-electron chi connectivity index (χ1n) is 4.62. The van der Waals surface area contributed by atoms with Crippen molar-refractivity contribution in [2.45, 2.75) is 26.9 Å². The highest BCUT2D eigenvalue weighted by Gasteiger charge is 2.08. The summed E-state index contributed by atoms with van der Waals surface area (Å²) in [5.74, 6) is 0.228. The van der Waals surface area contributed by atoms with E-state index in [0.717, 1.165) is 6.42 Å². The Bertz CT molecular complexity index is 254.